The number of carboxylic acid groups (broad SMARTS) is 1. The second-order valence-corrected chi connectivity index (χ2v) is 9.66. The normalized spacial score (nSPS) is 23.8. The van der Waals surface area contributed by atoms with E-state index in [0.717, 1.165) is 13.1 Å². The Hall–Kier alpha value is -0.353. The molecular weight excluding hydrogens is 170 g/mol. The van der Waals surface area contributed by atoms with Crippen LogP contribution in [-0.4, -0.2) is 43.7 Å². The van der Waals surface area contributed by atoms with E-state index >= 15 is 0 Å². The number of carbonyl (C=O) groups is 1. The van der Waals surface area contributed by atoms with Crippen molar-refractivity contribution in [2.75, 3.05) is 19.6 Å². The van der Waals surface area contributed by atoms with Crippen LogP contribution in [0.25, 0.3) is 0 Å². The van der Waals surface area contributed by atoms with Crippen LogP contribution < -0.4 is 0 Å². The molecule has 0 saturated carbocycles. The fourth-order valence-corrected chi connectivity index (χ4v) is 3.60. The first kappa shape index (κ1) is 9.73. The van der Waals surface area contributed by atoms with E-state index in [1.54, 1.807) is 0 Å². The lowest BCUT2D eigenvalue weighted by molar-refractivity contribution is -0.138. The molecule has 0 aromatic carbocycles. The van der Waals surface area contributed by atoms with E-state index in [-0.39, 0.29) is 6.54 Å². The van der Waals surface area contributed by atoms with Gasteiger partial charge >= 0.3 is 5.97 Å². The molecule has 0 aromatic heterocycles. The van der Waals surface area contributed by atoms with Crippen molar-refractivity contribution < 1.29 is 9.90 Å². The second kappa shape index (κ2) is 3.58. The van der Waals surface area contributed by atoms with Crippen molar-refractivity contribution in [3.63, 3.8) is 0 Å². The Bertz CT molecular complexity index is 172. The monoisotopic (exact) mass is 187 g/mol. The van der Waals surface area contributed by atoms with E-state index < -0.39 is 14.0 Å². The minimum atomic E-state index is -0.918. The zero-order valence-corrected chi connectivity index (χ0v) is 8.84. The highest BCUT2D eigenvalue weighted by molar-refractivity contribution is 6.77. The van der Waals surface area contributed by atoms with Gasteiger partial charge in [-0.25, -0.2) is 0 Å². The van der Waals surface area contributed by atoms with Gasteiger partial charge in [0.05, 0.1) is 6.54 Å². The van der Waals surface area contributed by atoms with E-state index in [1.807, 2.05) is 4.90 Å². The molecule has 4 heteroatoms. The van der Waals surface area contributed by atoms with Gasteiger partial charge in [-0.15, -0.1) is 0 Å². The maximum absolute atomic E-state index is 10.4. The quantitative estimate of drug-likeness (QED) is 0.658. The Morgan fingerprint density at radius 1 is 1.42 bits per heavy atom. The van der Waals surface area contributed by atoms with Gasteiger partial charge in [0.2, 0.25) is 0 Å². The van der Waals surface area contributed by atoms with Crippen molar-refractivity contribution in [1.82, 2.24) is 4.90 Å². The smallest absolute Gasteiger partial charge is 0.317 e. The van der Waals surface area contributed by atoms with Crippen LogP contribution in [0.5, 0.6) is 0 Å². The molecule has 70 valence electrons. The lowest BCUT2D eigenvalue weighted by atomic mass is 10.4. The van der Waals surface area contributed by atoms with E-state index in [2.05, 4.69) is 13.1 Å². The van der Waals surface area contributed by atoms with Crippen LogP contribution in [-0.2, 0) is 4.79 Å². The summed E-state index contributed by atoms with van der Waals surface area (Å²) >= 11 is 0. The Labute approximate surface area is 74.4 Å². The first-order valence-electron chi connectivity index (χ1n) is 4.44. The van der Waals surface area contributed by atoms with Crippen LogP contribution in [0.4, 0.5) is 0 Å². The topological polar surface area (TPSA) is 40.5 Å². The molecule has 1 aliphatic rings. The molecule has 0 unspecified atom stereocenters. The van der Waals surface area contributed by atoms with Crippen molar-refractivity contribution in [2.24, 2.45) is 0 Å². The molecule has 0 radical (unpaired) electrons. The van der Waals surface area contributed by atoms with Gasteiger partial charge in [0.25, 0.3) is 0 Å². The molecular formula is C8H17NO2Si. The molecule has 12 heavy (non-hydrogen) atoms. The van der Waals surface area contributed by atoms with Gasteiger partial charge in [-0.3, -0.25) is 9.69 Å². The zero-order chi connectivity index (χ0) is 9.19. The lowest BCUT2D eigenvalue weighted by Gasteiger charge is -2.34. The third-order valence-corrected chi connectivity index (χ3v) is 5.72. The largest absolute Gasteiger partial charge is 0.480 e. The van der Waals surface area contributed by atoms with Crippen LogP contribution in [0.2, 0.25) is 25.2 Å². The molecule has 0 spiro atoms. The van der Waals surface area contributed by atoms with Gasteiger partial charge in [-0.1, -0.05) is 13.1 Å². The number of hydrogen-bond donors (Lipinski definition) is 1. The molecule has 1 heterocycles. The summed E-state index contributed by atoms with van der Waals surface area (Å²) in [4.78, 5) is 12.4. The average Bonchev–Trinajstić information content (AvgIpc) is 1.93. The summed E-state index contributed by atoms with van der Waals surface area (Å²) in [5.41, 5.74) is 0. The fraction of sp³-hybridized carbons (Fsp3) is 0.875. The molecule has 0 bridgehead atoms. The van der Waals surface area contributed by atoms with Crippen molar-refractivity contribution in [1.29, 1.82) is 0 Å². The number of nitrogens with zero attached hydrogens (tertiary/aromatic N) is 1. The molecule has 0 atom stereocenters. The summed E-state index contributed by atoms with van der Waals surface area (Å²) in [7, 11) is -0.918. The van der Waals surface area contributed by atoms with Gasteiger partial charge in [0.1, 0.15) is 0 Å². The van der Waals surface area contributed by atoms with Gasteiger partial charge < -0.3 is 5.11 Å². The maximum Gasteiger partial charge on any atom is 0.317 e. The molecule has 1 N–H and O–H groups in total. The Kier molecular flexibility index (Phi) is 2.90. The summed E-state index contributed by atoms with van der Waals surface area (Å²) in [6, 6.07) is 2.50. The molecule has 0 amide bonds. The van der Waals surface area contributed by atoms with E-state index in [0.29, 0.717) is 0 Å². The van der Waals surface area contributed by atoms with Crippen LogP contribution in [0.15, 0.2) is 0 Å². The fourth-order valence-electron chi connectivity index (χ4n) is 1.51. The summed E-state index contributed by atoms with van der Waals surface area (Å²) in [5.74, 6) is -0.698. The average molecular weight is 187 g/mol. The van der Waals surface area contributed by atoms with Crippen molar-refractivity contribution in [2.45, 2.75) is 25.2 Å². The van der Waals surface area contributed by atoms with Crippen LogP contribution in [0.1, 0.15) is 0 Å². The highest BCUT2D eigenvalue weighted by Gasteiger charge is 2.27. The SMILES string of the molecule is C[Si]1(C)CCN(CC(=O)O)CC1. The first-order valence-corrected chi connectivity index (χ1v) is 7.85. The number of aliphatic carboxylic acids is 1. The second-order valence-electron chi connectivity index (χ2n) is 4.33. The zero-order valence-electron chi connectivity index (χ0n) is 7.84. The molecule has 0 aliphatic carbocycles. The highest BCUT2D eigenvalue weighted by atomic mass is 28.3. The summed E-state index contributed by atoms with van der Waals surface area (Å²) < 4.78 is 0. The summed E-state index contributed by atoms with van der Waals surface area (Å²) in [6.07, 6.45) is 0. The third-order valence-electron chi connectivity index (χ3n) is 2.57. The lowest BCUT2D eigenvalue weighted by Crippen LogP contribution is -2.44. The molecule has 1 saturated heterocycles. The number of carboxylic acids is 1. The Morgan fingerprint density at radius 3 is 2.33 bits per heavy atom. The minimum absolute atomic E-state index is 0.227. The minimum Gasteiger partial charge on any atom is -0.480 e. The Balaban J connectivity index is 2.31. The predicted octanol–water partition coefficient (Wildman–Crippen LogP) is 1.09. The van der Waals surface area contributed by atoms with Gasteiger partial charge in [0, 0.05) is 8.07 Å². The Morgan fingerprint density at radius 2 is 1.92 bits per heavy atom. The predicted molar refractivity (Wildman–Crippen MR) is 51.2 cm³/mol. The van der Waals surface area contributed by atoms with Gasteiger partial charge in [0.15, 0.2) is 0 Å². The van der Waals surface area contributed by atoms with Crippen LogP contribution in [0, 0.1) is 0 Å². The molecule has 1 rings (SSSR count). The van der Waals surface area contributed by atoms with Crippen LogP contribution in [0.3, 0.4) is 0 Å². The van der Waals surface area contributed by atoms with Gasteiger partial charge in [-0.05, 0) is 25.2 Å². The van der Waals surface area contributed by atoms with Crippen molar-refractivity contribution >= 4 is 14.0 Å². The first-order chi connectivity index (χ1) is 5.49. The standard InChI is InChI=1S/C8H17NO2Si/c1-12(2)5-3-9(4-6-12)7-8(10)11/h3-7H2,1-2H3,(H,10,11). The molecule has 1 aliphatic heterocycles. The third kappa shape index (κ3) is 2.95. The van der Waals surface area contributed by atoms with Crippen LogP contribution >= 0.6 is 0 Å². The van der Waals surface area contributed by atoms with Crippen molar-refractivity contribution in [3.05, 3.63) is 0 Å². The molecule has 3 nitrogen and oxygen atoms in total. The maximum atomic E-state index is 10.4. The van der Waals surface area contributed by atoms with E-state index in [9.17, 15) is 4.79 Å². The van der Waals surface area contributed by atoms with E-state index in [1.165, 1.54) is 12.1 Å². The number of rotatable bonds is 2. The van der Waals surface area contributed by atoms with Gasteiger partial charge in [-0.2, -0.15) is 0 Å². The summed E-state index contributed by atoms with van der Waals surface area (Å²) in [6.45, 7) is 6.97. The number of hydrogen-bond acceptors (Lipinski definition) is 2. The molecule has 1 fully saturated rings. The molecule has 0 aromatic rings. The van der Waals surface area contributed by atoms with E-state index in [4.69, 9.17) is 5.11 Å². The van der Waals surface area contributed by atoms with Crippen molar-refractivity contribution in [3.8, 4) is 0 Å². The highest BCUT2D eigenvalue weighted by Crippen LogP contribution is 2.21. The summed E-state index contributed by atoms with van der Waals surface area (Å²) in [5, 5.41) is 8.57.